The van der Waals surface area contributed by atoms with Gasteiger partial charge in [0.2, 0.25) is 0 Å². The first-order chi connectivity index (χ1) is 5.16. The Bertz CT molecular complexity index is 97.0. The van der Waals surface area contributed by atoms with E-state index in [0.29, 0.717) is 0 Å². The molecule has 66 valence electrons. The van der Waals surface area contributed by atoms with Gasteiger partial charge in [0.25, 0.3) is 0 Å². The minimum Gasteiger partial charge on any atom is -0.313 e. The molecule has 0 bridgehead atoms. The summed E-state index contributed by atoms with van der Waals surface area (Å²) < 4.78 is 0. The average Bonchev–Trinajstić information content (AvgIpc) is 1.86. The van der Waals surface area contributed by atoms with Crippen molar-refractivity contribution in [2.24, 2.45) is 11.8 Å². The number of hydrogen-bond acceptors (Lipinski definition) is 1. The van der Waals surface area contributed by atoms with Gasteiger partial charge in [-0.25, -0.2) is 0 Å². The van der Waals surface area contributed by atoms with Crippen molar-refractivity contribution in [1.82, 2.24) is 0 Å². The highest BCUT2D eigenvalue weighted by molar-refractivity contribution is 5.52. The van der Waals surface area contributed by atoms with Gasteiger partial charge in [0, 0.05) is 0 Å². The van der Waals surface area contributed by atoms with Crippen molar-refractivity contribution in [3.05, 3.63) is 0 Å². The zero-order valence-electron chi connectivity index (χ0n) is 8.06. The van der Waals surface area contributed by atoms with Crippen molar-refractivity contribution < 1.29 is 0 Å². The number of rotatable bonds is 6. The van der Waals surface area contributed by atoms with E-state index in [-0.39, 0.29) is 0 Å². The summed E-state index contributed by atoms with van der Waals surface area (Å²) in [7, 11) is 0. The summed E-state index contributed by atoms with van der Waals surface area (Å²) in [5, 5.41) is 6.86. The van der Waals surface area contributed by atoms with Crippen molar-refractivity contribution in [1.29, 1.82) is 5.41 Å². The van der Waals surface area contributed by atoms with Crippen LogP contribution in [0.5, 0.6) is 0 Å². The largest absolute Gasteiger partial charge is 0.313 e. The lowest BCUT2D eigenvalue weighted by Crippen LogP contribution is -1.99. The number of hydrogen-bond donors (Lipinski definition) is 1. The predicted molar refractivity (Wildman–Crippen MR) is 51.3 cm³/mol. The molecule has 0 rings (SSSR count). The van der Waals surface area contributed by atoms with Crippen molar-refractivity contribution in [3.63, 3.8) is 0 Å². The van der Waals surface area contributed by atoms with Gasteiger partial charge in [-0.1, -0.05) is 27.2 Å². The standard InChI is InChI=1S/C10H21N/c1-9(2)8-10(3)6-4-5-7-11/h7,9-11H,4-6,8H2,1-3H3. The highest BCUT2D eigenvalue weighted by Gasteiger charge is 2.03. The lowest BCUT2D eigenvalue weighted by atomic mass is 9.94. The van der Waals surface area contributed by atoms with Gasteiger partial charge in [-0.3, -0.25) is 0 Å². The monoisotopic (exact) mass is 155 g/mol. The lowest BCUT2D eigenvalue weighted by Gasteiger charge is -2.12. The fraction of sp³-hybridized carbons (Fsp3) is 0.900. The van der Waals surface area contributed by atoms with E-state index in [1.807, 2.05) is 0 Å². The van der Waals surface area contributed by atoms with Crippen LogP contribution >= 0.6 is 0 Å². The second kappa shape index (κ2) is 6.38. The summed E-state index contributed by atoms with van der Waals surface area (Å²) in [5.74, 6) is 1.67. The number of unbranched alkanes of at least 4 members (excludes halogenated alkanes) is 1. The molecule has 0 aliphatic rings. The summed E-state index contributed by atoms with van der Waals surface area (Å²) in [6.45, 7) is 6.85. The molecule has 0 radical (unpaired) electrons. The van der Waals surface area contributed by atoms with Crippen LogP contribution in [0.3, 0.4) is 0 Å². The van der Waals surface area contributed by atoms with Crippen LogP contribution in [0.1, 0.15) is 46.5 Å². The van der Waals surface area contributed by atoms with Crippen LogP contribution in [-0.2, 0) is 0 Å². The smallest absolute Gasteiger partial charge is 0.00477 e. The molecular weight excluding hydrogens is 134 g/mol. The van der Waals surface area contributed by atoms with E-state index in [1.165, 1.54) is 25.5 Å². The molecule has 0 aromatic heterocycles. The Balaban J connectivity index is 3.21. The zero-order chi connectivity index (χ0) is 8.69. The molecular formula is C10H21N. The summed E-state index contributed by atoms with van der Waals surface area (Å²) >= 11 is 0. The van der Waals surface area contributed by atoms with E-state index in [9.17, 15) is 0 Å². The van der Waals surface area contributed by atoms with Gasteiger partial charge in [-0.15, -0.1) is 0 Å². The first kappa shape index (κ1) is 10.7. The Morgan fingerprint density at radius 1 is 1.27 bits per heavy atom. The van der Waals surface area contributed by atoms with Crippen LogP contribution < -0.4 is 0 Å². The second-order valence-electron chi connectivity index (χ2n) is 3.87. The molecule has 0 aromatic rings. The third-order valence-electron chi connectivity index (χ3n) is 1.92. The highest BCUT2D eigenvalue weighted by atomic mass is 14.3. The van der Waals surface area contributed by atoms with Gasteiger partial charge in [0.1, 0.15) is 0 Å². The van der Waals surface area contributed by atoms with Crippen molar-refractivity contribution in [2.45, 2.75) is 46.5 Å². The lowest BCUT2D eigenvalue weighted by molar-refractivity contribution is 0.409. The van der Waals surface area contributed by atoms with Crippen LogP contribution in [0.15, 0.2) is 0 Å². The maximum atomic E-state index is 6.86. The van der Waals surface area contributed by atoms with Gasteiger partial charge < -0.3 is 5.41 Å². The van der Waals surface area contributed by atoms with E-state index in [4.69, 9.17) is 5.41 Å². The van der Waals surface area contributed by atoms with E-state index in [0.717, 1.165) is 18.3 Å². The molecule has 0 amide bonds. The first-order valence-electron chi connectivity index (χ1n) is 4.65. The van der Waals surface area contributed by atoms with Crippen LogP contribution in [-0.4, -0.2) is 6.21 Å². The van der Waals surface area contributed by atoms with Crippen molar-refractivity contribution in [3.8, 4) is 0 Å². The van der Waals surface area contributed by atoms with E-state index in [2.05, 4.69) is 20.8 Å². The summed E-state index contributed by atoms with van der Waals surface area (Å²) in [6.07, 6.45) is 6.29. The van der Waals surface area contributed by atoms with Gasteiger partial charge >= 0.3 is 0 Å². The Morgan fingerprint density at radius 2 is 1.91 bits per heavy atom. The summed E-state index contributed by atoms with van der Waals surface area (Å²) in [5.41, 5.74) is 0. The maximum Gasteiger partial charge on any atom is -0.00477 e. The third-order valence-corrected chi connectivity index (χ3v) is 1.92. The molecule has 0 aromatic carbocycles. The maximum absolute atomic E-state index is 6.86. The van der Waals surface area contributed by atoms with E-state index < -0.39 is 0 Å². The fourth-order valence-corrected chi connectivity index (χ4v) is 1.49. The molecule has 1 heteroatoms. The summed E-state index contributed by atoms with van der Waals surface area (Å²) in [6, 6.07) is 0. The number of nitrogens with one attached hydrogen (secondary N) is 1. The fourth-order valence-electron chi connectivity index (χ4n) is 1.49. The summed E-state index contributed by atoms with van der Waals surface area (Å²) in [4.78, 5) is 0. The molecule has 0 fully saturated rings. The molecule has 1 atom stereocenters. The predicted octanol–water partition coefficient (Wildman–Crippen LogP) is 3.49. The third kappa shape index (κ3) is 7.57. The molecule has 0 aliphatic heterocycles. The van der Waals surface area contributed by atoms with Crippen molar-refractivity contribution in [2.75, 3.05) is 0 Å². The molecule has 0 saturated heterocycles. The Morgan fingerprint density at radius 3 is 2.36 bits per heavy atom. The second-order valence-corrected chi connectivity index (χ2v) is 3.87. The molecule has 1 N–H and O–H groups in total. The molecule has 0 spiro atoms. The first-order valence-corrected chi connectivity index (χ1v) is 4.65. The van der Waals surface area contributed by atoms with E-state index >= 15 is 0 Å². The van der Waals surface area contributed by atoms with Crippen LogP contribution in [0.2, 0.25) is 0 Å². The molecule has 0 aliphatic carbocycles. The average molecular weight is 155 g/mol. The van der Waals surface area contributed by atoms with Crippen LogP contribution in [0, 0.1) is 17.2 Å². The molecule has 1 unspecified atom stereocenters. The zero-order valence-corrected chi connectivity index (χ0v) is 8.06. The van der Waals surface area contributed by atoms with E-state index in [1.54, 1.807) is 0 Å². The van der Waals surface area contributed by atoms with Crippen LogP contribution in [0.4, 0.5) is 0 Å². The molecule has 0 saturated carbocycles. The topological polar surface area (TPSA) is 23.9 Å². The van der Waals surface area contributed by atoms with Crippen LogP contribution in [0.25, 0.3) is 0 Å². The minimum atomic E-state index is 0.824. The highest BCUT2D eigenvalue weighted by Crippen LogP contribution is 2.16. The quantitative estimate of drug-likeness (QED) is 0.448. The van der Waals surface area contributed by atoms with Gasteiger partial charge in [0.05, 0.1) is 0 Å². The SMILES string of the molecule is CC(C)CC(C)CCCC=N. The van der Waals surface area contributed by atoms with Gasteiger partial charge in [0.15, 0.2) is 0 Å². The molecule has 0 heterocycles. The van der Waals surface area contributed by atoms with Gasteiger partial charge in [-0.2, -0.15) is 0 Å². The molecule has 11 heavy (non-hydrogen) atoms. The van der Waals surface area contributed by atoms with Gasteiger partial charge in [-0.05, 0) is 37.3 Å². The Labute approximate surface area is 70.7 Å². The Hall–Kier alpha value is -0.330. The normalized spacial score (nSPS) is 13.5. The Kier molecular flexibility index (Phi) is 6.19. The molecule has 1 nitrogen and oxygen atoms in total. The van der Waals surface area contributed by atoms with Crippen molar-refractivity contribution >= 4 is 6.21 Å². The minimum absolute atomic E-state index is 0.824.